The molecule has 0 radical (unpaired) electrons. The van der Waals surface area contributed by atoms with Gasteiger partial charge in [0.15, 0.2) is 0 Å². The number of halogens is 1. The Hall–Kier alpha value is -3.35. The highest BCUT2D eigenvalue weighted by atomic mass is 19.1. The van der Waals surface area contributed by atoms with Gasteiger partial charge in [0, 0.05) is 22.8 Å². The van der Waals surface area contributed by atoms with Crippen molar-refractivity contribution < 1.29 is 9.18 Å². The number of benzene rings is 1. The molecule has 0 fully saturated rings. The van der Waals surface area contributed by atoms with Crippen LogP contribution in [0.3, 0.4) is 0 Å². The molecule has 0 saturated carbocycles. The van der Waals surface area contributed by atoms with Crippen molar-refractivity contribution in [3.63, 3.8) is 0 Å². The zero-order chi connectivity index (χ0) is 17.1. The number of aryl methyl sites for hydroxylation is 1. The summed E-state index contributed by atoms with van der Waals surface area (Å²) in [6.07, 6.45) is 2.65. The summed E-state index contributed by atoms with van der Waals surface area (Å²) in [5.74, 6) is -0.848. The maximum absolute atomic E-state index is 13.3. The molecule has 0 atom stereocenters. The SMILES string of the molecule is Cc1ccc(C(=O)N/N=C/c2cc3cc(F)ccc3[nH]c2=O)cn1. The zero-order valence-electron chi connectivity index (χ0n) is 12.7. The molecule has 0 aliphatic rings. The molecule has 1 aromatic carbocycles. The molecule has 0 spiro atoms. The van der Waals surface area contributed by atoms with Gasteiger partial charge >= 0.3 is 0 Å². The first kappa shape index (κ1) is 15.5. The second-order valence-electron chi connectivity index (χ2n) is 5.17. The molecule has 0 aliphatic carbocycles. The van der Waals surface area contributed by atoms with Gasteiger partial charge in [-0.1, -0.05) is 0 Å². The van der Waals surface area contributed by atoms with Crippen molar-refractivity contribution in [2.45, 2.75) is 6.92 Å². The summed E-state index contributed by atoms with van der Waals surface area (Å²) in [6, 6.07) is 8.89. The van der Waals surface area contributed by atoms with Crippen LogP contribution in [-0.2, 0) is 0 Å². The summed E-state index contributed by atoms with van der Waals surface area (Å²) < 4.78 is 13.3. The van der Waals surface area contributed by atoms with Crippen LogP contribution in [0.15, 0.2) is 52.5 Å². The molecular formula is C17H13FN4O2. The molecule has 1 amide bonds. The first-order valence-electron chi connectivity index (χ1n) is 7.11. The summed E-state index contributed by atoms with van der Waals surface area (Å²) in [5, 5.41) is 4.30. The fraction of sp³-hybridized carbons (Fsp3) is 0.0588. The van der Waals surface area contributed by atoms with Crippen LogP contribution in [0.4, 0.5) is 4.39 Å². The van der Waals surface area contributed by atoms with Crippen molar-refractivity contribution >= 4 is 23.0 Å². The van der Waals surface area contributed by atoms with Gasteiger partial charge in [0.25, 0.3) is 11.5 Å². The van der Waals surface area contributed by atoms with Gasteiger partial charge in [0.05, 0.1) is 17.3 Å². The van der Waals surface area contributed by atoms with Crippen molar-refractivity contribution in [3.8, 4) is 0 Å². The molecule has 0 bridgehead atoms. The van der Waals surface area contributed by atoms with Crippen LogP contribution in [0.1, 0.15) is 21.6 Å². The minimum absolute atomic E-state index is 0.204. The second kappa shape index (κ2) is 6.41. The van der Waals surface area contributed by atoms with E-state index < -0.39 is 11.7 Å². The van der Waals surface area contributed by atoms with E-state index in [2.05, 4.69) is 20.5 Å². The fourth-order valence-corrected chi connectivity index (χ4v) is 2.12. The molecule has 3 aromatic rings. The predicted octanol–water partition coefficient (Wildman–Crippen LogP) is 2.13. The summed E-state index contributed by atoms with van der Waals surface area (Å²) in [7, 11) is 0. The van der Waals surface area contributed by atoms with Crippen LogP contribution in [0, 0.1) is 12.7 Å². The highest BCUT2D eigenvalue weighted by molar-refractivity contribution is 5.95. The number of H-pyrrole nitrogens is 1. The van der Waals surface area contributed by atoms with Crippen molar-refractivity contribution in [1.29, 1.82) is 0 Å². The minimum Gasteiger partial charge on any atom is -0.321 e. The number of aromatic amines is 1. The maximum atomic E-state index is 13.3. The molecule has 0 aliphatic heterocycles. The third kappa shape index (κ3) is 3.35. The van der Waals surface area contributed by atoms with Gasteiger partial charge in [-0.05, 0) is 43.3 Å². The average Bonchev–Trinajstić information content (AvgIpc) is 2.56. The predicted molar refractivity (Wildman–Crippen MR) is 88.6 cm³/mol. The number of carbonyl (C=O) groups excluding carboxylic acids is 1. The normalized spacial score (nSPS) is 11.1. The topological polar surface area (TPSA) is 87.2 Å². The maximum Gasteiger partial charge on any atom is 0.272 e. The summed E-state index contributed by atoms with van der Waals surface area (Å²) >= 11 is 0. The van der Waals surface area contributed by atoms with E-state index in [-0.39, 0.29) is 11.1 Å². The number of rotatable bonds is 3. The number of hydrogen-bond acceptors (Lipinski definition) is 4. The van der Waals surface area contributed by atoms with Crippen LogP contribution in [0.5, 0.6) is 0 Å². The summed E-state index contributed by atoms with van der Waals surface area (Å²) in [4.78, 5) is 30.5. The van der Waals surface area contributed by atoms with E-state index in [1.54, 1.807) is 12.1 Å². The molecule has 7 heteroatoms. The Morgan fingerprint density at radius 3 is 2.88 bits per heavy atom. The number of amides is 1. The Balaban J connectivity index is 1.80. The minimum atomic E-state index is -0.443. The van der Waals surface area contributed by atoms with Crippen LogP contribution in [0.25, 0.3) is 10.9 Å². The van der Waals surface area contributed by atoms with E-state index in [9.17, 15) is 14.0 Å². The average molecular weight is 324 g/mol. The number of nitrogens with zero attached hydrogens (tertiary/aromatic N) is 2. The third-order valence-corrected chi connectivity index (χ3v) is 3.38. The molecular weight excluding hydrogens is 311 g/mol. The lowest BCUT2D eigenvalue weighted by Crippen LogP contribution is -2.19. The number of carbonyl (C=O) groups is 1. The number of hydrazone groups is 1. The van der Waals surface area contributed by atoms with Crippen molar-refractivity contribution in [2.75, 3.05) is 0 Å². The Labute approximate surface area is 136 Å². The third-order valence-electron chi connectivity index (χ3n) is 3.38. The van der Waals surface area contributed by atoms with Crippen molar-refractivity contribution in [2.24, 2.45) is 5.10 Å². The molecule has 3 rings (SSSR count). The summed E-state index contributed by atoms with van der Waals surface area (Å²) in [5.41, 5.74) is 3.81. The molecule has 0 saturated heterocycles. The van der Waals surface area contributed by atoms with Gasteiger partial charge in [-0.2, -0.15) is 5.10 Å². The van der Waals surface area contributed by atoms with Crippen LogP contribution in [0.2, 0.25) is 0 Å². The number of aromatic nitrogens is 2. The Morgan fingerprint density at radius 2 is 2.12 bits per heavy atom. The summed E-state index contributed by atoms with van der Waals surface area (Å²) in [6.45, 7) is 1.81. The molecule has 24 heavy (non-hydrogen) atoms. The fourth-order valence-electron chi connectivity index (χ4n) is 2.12. The lowest BCUT2D eigenvalue weighted by atomic mass is 10.1. The Bertz CT molecular complexity index is 994. The van der Waals surface area contributed by atoms with Crippen LogP contribution < -0.4 is 11.0 Å². The smallest absolute Gasteiger partial charge is 0.272 e. The lowest BCUT2D eigenvalue weighted by molar-refractivity contribution is 0.0955. The molecule has 120 valence electrons. The van der Waals surface area contributed by atoms with E-state index in [4.69, 9.17) is 0 Å². The van der Waals surface area contributed by atoms with Crippen LogP contribution >= 0.6 is 0 Å². The van der Waals surface area contributed by atoms with Crippen molar-refractivity contribution in [1.82, 2.24) is 15.4 Å². The number of fused-ring (bicyclic) bond motifs is 1. The zero-order valence-corrected chi connectivity index (χ0v) is 12.7. The van der Waals surface area contributed by atoms with Crippen molar-refractivity contribution in [3.05, 3.63) is 75.6 Å². The van der Waals surface area contributed by atoms with Gasteiger partial charge in [0.1, 0.15) is 5.82 Å². The molecule has 6 nitrogen and oxygen atoms in total. The monoisotopic (exact) mass is 324 g/mol. The standard InChI is InChI=1S/C17H13FN4O2/c1-10-2-3-11(8-19-10)17(24)22-20-9-13-6-12-7-14(18)4-5-15(12)21-16(13)23/h2-9H,1H3,(H,21,23)(H,22,24)/b20-9+. The first-order valence-corrected chi connectivity index (χ1v) is 7.11. The molecule has 2 N–H and O–H groups in total. The van der Waals surface area contributed by atoms with E-state index >= 15 is 0 Å². The Morgan fingerprint density at radius 1 is 1.29 bits per heavy atom. The highest BCUT2D eigenvalue weighted by Crippen LogP contribution is 2.12. The van der Waals surface area contributed by atoms with E-state index in [1.165, 1.54) is 36.7 Å². The number of hydrogen-bond donors (Lipinski definition) is 2. The lowest BCUT2D eigenvalue weighted by Gasteiger charge is -2.01. The first-order chi connectivity index (χ1) is 11.5. The quantitative estimate of drug-likeness (QED) is 0.571. The second-order valence-corrected chi connectivity index (χ2v) is 5.17. The van der Waals surface area contributed by atoms with Gasteiger partial charge in [-0.15, -0.1) is 0 Å². The molecule has 2 heterocycles. The van der Waals surface area contributed by atoms with E-state index in [0.29, 0.717) is 16.5 Å². The highest BCUT2D eigenvalue weighted by Gasteiger charge is 2.05. The van der Waals surface area contributed by atoms with E-state index in [0.717, 1.165) is 5.69 Å². The number of pyridine rings is 2. The van der Waals surface area contributed by atoms with Gasteiger partial charge < -0.3 is 4.98 Å². The van der Waals surface area contributed by atoms with Crippen LogP contribution in [-0.4, -0.2) is 22.1 Å². The van der Waals surface area contributed by atoms with E-state index in [1.807, 2.05) is 6.92 Å². The van der Waals surface area contributed by atoms with Gasteiger partial charge in [0.2, 0.25) is 0 Å². The molecule has 2 aromatic heterocycles. The van der Waals surface area contributed by atoms with Gasteiger partial charge in [-0.3, -0.25) is 14.6 Å². The Kier molecular flexibility index (Phi) is 4.15. The van der Waals surface area contributed by atoms with Gasteiger partial charge in [-0.25, -0.2) is 9.82 Å². The largest absolute Gasteiger partial charge is 0.321 e. The molecule has 0 unspecified atom stereocenters. The number of nitrogens with one attached hydrogen (secondary N) is 2.